The van der Waals surface area contributed by atoms with Gasteiger partial charge in [-0.3, -0.25) is 52.6 Å². The second-order valence-corrected chi connectivity index (χ2v) is 28.1. The van der Waals surface area contributed by atoms with E-state index in [0.29, 0.717) is 31.4 Å². The monoisotopic (exact) mass is 1370 g/mol. The number of nitrogens with zero attached hydrogens (tertiary/aromatic N) is 4. The smallest absolute Gasteiger partial charge is 0.312 e. The van der Waals surface area contributed by atoms with E-state index >= 15 is 4.79 Å². The molecule has 10 N–H and O–H groups in total. The number of urea groups is 1. The molecular weight excluding hydrogens is 1260 g/mol. The molecular formula is C67H106N11O17S+. The predicted molar refractivity (Wildman–Crippen MR) is 358 cm³/mol. The van der Waals surface area contributed by atoms with E-state index in [4.69, 9.17) is 19.9 Å². The van der Waals surface area contributed by atoms with Crippen LogP contribution in [0.2, 0.25) is 0 Å². The van der Waals surface area contributed by atoms with Gasteiger partial charge < -0.3 is 71.2 Å². The summed E-state index contributed by atoms with van der Waals surface area (Å²) in [5.74, 6) is -6.99. The lowest BCUT2D eigenvalue weighted by molar-refractivity contribution is -0.922. The van der Waals surface area contributed by atoms with Gasteiger partial charge >= 0.3 is 6.03 Å². The van der Waals surface area contributed by atoms with Gasteiger partial charge in [-0.15, -0.1) is 0 Å². The van der Waals surface area contributed by atoms with Crippen LogP contribution in [0.25, 0.3) is 0 Å². The Balaban J connectivity index is 1.51. The Morgan fingerprint density at radius 1 is 0.792 bits per heavy atom. The van der Waals surface area contributed by atoms with Gasteiger partial charge in [0, 0.05) is 70.1 Å². The highest BCUT2D eigenvalue weighted by molar-refractivity contribution is 7.85. The number of nitrogens with two attached hydrogens (primary N) is 1. The van der Waals surface area contributed by atoms with Crippen LogP contribution in [0.3, 0.4) is 0 Å². The first kappa shape index (κ1) is 81.0. The average molecular weight is 1370 g/mol. The summed E-state index contributed by atoms with van der Waals surface area (Å²) in [6.07, 6.45) is 1.37. The molecule has 28 nitrogen and oxygen atoms in total. The van der Waals surface area contributed by atoms with E-state index < -0.39 is 147 Å². The first-order valence-electron chi connectivity index (χ1n) is 32.9. The van der Waals surface area contributed by atoms with Gasteiger partial charge in [-0.05, 0) is 74.1 Å². The molecule has 0 aliphatic carbocycles. The molecule has 2 heterocycles. The van der Waals surface area contributed by atoms with Gasteiger partial charge in [0.15, 0.2) is 6.04 Å². The van der Waals surface area contributed by atoms with Crippen LogP contribution in [-0.2, 0) is 74.0 Å². The Hall–Kier alpha value is -7.41. The molecule has 11 amide bonds. The number of likely N-dealkylation sites (N-methyl/N-ethyl adjacent to an activating group) is 2. The van der Waals surface area contributed by atoms with E-state index in [1.54, 1.807) is 106 Å². The fourth-order valence-corrected chi connectivity index (χ4v) is 13.5. The number of nitrogens with one attached hydrogen (secondary N) is 6. The number of anilines is 1. The first-order chi connectivity index (χ1) is 45.0. The van der Waals surface area contributed by atoms with E-state index in [1.807, 2.05) is 19.9 Å². The quantitative estimate of drug-likeness (QED) is 0.0201. The van der Waals surface area contributed by atoms with Crippen LogP contribution < -0.4 is 37.6 Å². The minimum atomic E-state index is -5.04. The zero-order valence-electron chi connectivity index (χ0n) is 58.4. The normalized spacial score (nSPS) is 17.8. The van der Waals surface area contributed by atoms with Crippen molar-refractivity contribution in [3.05, 3.63) is 71.8 Å². The number of hydrogen-bond donors (Lipinski definition) is 9. The molecule has 2 aromatic rings. The number of hydrogen-bond acceptors (Lipinski definition) is 16. The zero-order valence-corrected chi connectivity index (χ0v) is 59.2. The summed E-state index contributed by atoms with van der Waals surface area (Å²) in [7, 11) is 2.96. The lowest BCUT2D eigenvalue weighted by atomic mass is 9.89. The lowest BCUT2D eigenvalue weighted by Crippen LogP contribution is -2.63. The maximum Gasteiger partial charge on any atom is 0.312 e. The first-order valence-corrected chi connectivity index (χ1v) is 34.4. The molecule has 2 aliphatic rings. The number of benzene rings is 2. The number of imide groups is 1. The number of likely N-dealkylation sites (tertiary alicyclic amines) is 1. The summed E-state index contributed by atoms with van der Waals surface area (Å²) in [5.41, 5.74) is 5.86. The van der Waals surface area contributed by atoms with Crippen molar-refractivity contribution in [3.8, 4) is 0 Å². The summed E-state index contributed by atoms with van der Waals surface area (Å²) in [4.78, 5) is 138. The van der Waals surface area contributed by atoms with E-state index in [2.05, 4.69) is 31.9 Å². The van der Waals surface area contributed by atoms with Gasteiger partial charge in [0.25, 0.3) is 27.8 Å². The average Bonchev–Trinajstić information content (AvgIpc) is 1.33. The number of aliphatic hydroxyl groups excluding tert-OH is 1. The number of aliphatic hydroxyl groups is 1. The molecule has 0 unspecified atom stereocenters. The second kappa shape index (κ2) is 37.4. The summed E-state index contributed by atoms with van der Waals surface area (Å²) >= 11 is 0. The number of amides is 11. The molecule has 2 aromatic carbocycles. The van der Waals surface area contributed by atoms with Crippen LogP contribution in [0, 0.1) is 29.6 Å². The van der Waals surface area contributed by atoms with Crippen LogP contribution in [0.5, 0.6) is 0 Å². The third-order valence-corrected chi connectivity index (χ3v) is 19.0. The zero-order chi connectivity index (χ0) is 72.1. The molecule has 0 radical (unpaired) electrons. The Morgan fingerprint density at radius 3 is 1.99 bits per heavy atom. The highest BCUT2D eigenvalue weighted by Crippen LogP contribution is 2.32. The summed E-state index contributed by atoms with van der Waals surface area (Å²) in [5, 5.41) is 27.3. The fourth-order valence-electron chi connectivity index (χ4n) is 12.8. The van der Waals surface area contributed by atoms with Crippen molar-refractivity contribution in [3.63, 3.8) is 0 Å². The number of ether oxygens (including phenoxy) is 3. The van der Waals surface area contributed by atoms with Gasteiger partial charge in [-0.1, -0.05) is 99.1 Å². The van der Waals surface area contributed by atoms with Crippen molar-refractivity contribution in [2.24, 2.45) is 35.3 Å². The van der Waals surface area contributed by atoms with E-state index in [9.17, 15) is 61.2 Å². The SMILES string of the molecule is CC[C@H](C)[C@@H]([C@@H](CC(=O)N1CCC[C@H]1[C@H](OC)[C@@H](C)C(=O)N[C@H](C)[C@@H](O)c1ccccc1)OC)N(C)C(=O)[C@@H](NC(=O)[C@H](C(C)C)[N+](C)(C)Cc1ccc(NC(=O)[C@H](CCCNC(N)=O)NC(=O)[C@@H](NC(=O)CCOCCN2C(=O)C=CC2=O)C(C)C)cc1S(=O)(=O)O)C(C)C. The summed E-state index contributed by atoms with van der Waals surface area (Å²) < 4.78 is 54.6. The van der Waals surface area contributed by atoms with Crippen LogP contribution in [-0.4, -0.2) is 219 Å². The Morgan fingerprint density at radius 2 is 1.43 bits per heavy atom. The van der Waals surface area contributed by atoms with Gasteiger partial charge in [0.2, 0.25) is 35.4 Å². The van der Waals surface area contributed by atoms with Crippen molar-refractivity contribution in [2.75, 3.05) is 73.5 Å². The third-order valence-electron chi connectivity index (χ3n) is 18.0. The highest BCUT2D eigenvalue weighted by Gasteiger charge is 2.45. The number of rotatable bonds is 39. The summed E-state index contributed by atoms with van der Waals surface area (Å²) in [6, 6.07) is 5.70. The van der Waals surface area contributed by atoms with Crippen molar-refractivity contribution in [1.82, 2.24) is 41.3 Å². The molecule has 0 spiro atoms. The molecule has 96 heavy (non-hydrogen) atoms. The second-order valence-electron chi connectivity index (χ2n) is 26.7. The molecule has 29 heteroatoms. The molecule has 1 saturated heterocycles. The number of carbonyl (C=O) groups excluding carboxylic acids is 10. The standard InChI is InChI=1S/C67H105N11O17S/c1-16-42(8)58(50(93-14)37-55(82)76-32-21-25-49(76)61(94-15)43(9)62(84)70-44(10)60(83)45-22-18-17-19-23-45)75(11)66(88)57(40(4)5)74-65(87)59(41(6)7)78(12,13)38-46-26-27-47(36-51(46)96(90,91)92)71-63(85)48(24-20-31-69-67(68)89)72-64(86)56(39(2)3)73-52(79)30-34-95-35-33-77-53(80)28-29-54(77)81/h17-19,22-23,26-29,36,39-44,48-50,56-61,83H,16,20-21,24-25,30-35,37-38H2,1-15H3,(H8-,68,69,70,71,72,73,74,79,84,85,86,87,89,90,91,92)/p+1/t42-,43+,44+,48-,49-,50+,56-,57-,58-,59-,60+,61+/m0/s1. The van der Waals surface area contributed by atoms with Crippen molar-refractivity contribution in [1.29, 1.82) is 0 Å². The van der Waals surface area contributed by atoms with Crippen molar-refractivity contribution < 1.29 is 84.7 Å². The van der Waals surface area contributed by atoms with Crippen molar-refractivity contribution in [2.45, 2.75) is 186 Å². The predicted octanol–water partition coefficient (Wildman–Crippen LogP) is 3.18. The van der Waals surface area contributed by atoms with E-state index in [0.717, 1.165) is 23.1 Å². The van der Waals surface area contributed by atoms with Gasteiger partial charge in [0.1, 0.15) is 29.6 Å². The van der Waals surface area contributed by atoms with Gasteiger partial charge in [-0.2, -0.15) is 8.42 Å². The number of methoxy groups -OCH3 is 2. The Labute approximate surface area is 565 Å². The fraction of sp³-hybridized carbons (Fsp3) is 0.642. The van der Waals surface area contributed by atoms with Crippen LogP contribution in [0.1, 0.15) is 131 Å². The van der Waals surface area contributed by atoms with Gasteiger partial charge in [-0.25, -0.2) is 4.79 Å². The third kappa shape index (κ3) is 22.9. The van der Waals surface area contributed by atoms with Crippen LogP contribution in [0.15, 0.2) is 65.6 Å². The molecule has 12 atom stereocenters. The van der Waals surface area contributed by atoms with E-state index in [1.165, 1.54) is 31.3 Å². The van der Waals surface area contributed by atoms with Crippen LogP contribution in [0.4, 0.5) is 10.5 Å². The molecule has 1 fully saturated rings. The maximum atomic E-state index is 15.0. The van der Waals surface area contributed by atoms with Crippen molar-refractivity contribution >= 4 is 75.0 Å². The number of primary amides is 1. The minimum absolute atomic E-state index is 0.0105. The molecule has 0 saturated carbocycles. The van der Waals surface area contributed by atoms with E-state index in [-0.39, 0.29) is 92.0 Å². The topological polar surface area (TPSA) is 381 Å². The number of carbonyl (C=O) groups is 10. The number of quaternary nitrogens is 1. The molecule has 0 bridgehead atoms. The Bertz CT molecular complexity index is 3130. The molecule has 0 aromatic heterocycles. The largest absolute Gasteiger partial charge is 0.386 e. The lowest BCUT2D eigenvalue weighted by Gasteiger charge is -2.42. The molecule has 4 rings (SSSR count). The molecule has 2 aliphatic heterocycles. The maximum absolute atomic E-state index is 15.0. The van der Waals surface area contributed by atoms with Gasteiger partial charge in [0.05, 0.1) is 82.6 Å². The highest BCUT2D eigenvalue weighted by atomic mass is 32.2. The Kier molecular flexibility index (Phi) is 31.5. The summed E-state index contributed by atoms with van der Waals surface area (Å²) in [6.45, 7) is 18.0. The minimum Gasteiger partial charge on any atom is -0.386 e. The molecule has 536 valence electrons. The van der Waals surface area contributed by atoms with Crippen LogP contribution >= 0.6 is 0 Å².